The Balaban J connectivity index is 1.47. The van der Waals surface area contributed by atoms with E-state index in [2.05, 4.69) is 37.5 Å². The minimum Gasteiger partial charge on any atom is -0.478 e. The van der Waals surface area contributed by atoms with Crippen molar-refractivity contribution in [2.24, 2.45) is 4.99 Å². The third kappa shape index (κ3) is 6.11. The molecule has 0 aromatic heterocycles. The molecule has 204 valence electrons. The Morgan fingerprint density at radius 3 is 2.11 bits per heavy atom. The van der Waals surface area contributed by atoms with Gasteiger partial charge in [0.15, 0.2) is 11.4 Å². The van der Waals surface area contributed by atoms with Crippen molar-refractivity contribution in [2.75, 3.05) is 32.7 Å². The van der Waals surface area contributed by atoms with Crippen molar-refractivity contribution in [3.63, 3.8) is 0 Å². The number of nitrogens with zero attached hydrogens (tertiary/aromatic N) is 4. The molecule has 1 unspecified atom stereocenters. The van der Waals surface area contributed by atoms with Crippen molar-refractivity contribution >= 4 is 29.1 Å². The van der Waals surface area contributed by atoms with Gasteiger partial charge in [0.2, 0.25) is 0 Å². The SMILES string of the molecule is CC(C)N1CCN(C(C)C)C(C2=NCCN2C(=O)C(C)(C)Oc2ccc(C(=O)c3ccc(Cl)cc3)cc2)C1. The molecule has 38 heavy (non-hydrogen) atoms. The zero-order chi connectivity index (χ0) is 27.6. The summed E-state index contributed by atoms with van der Waals surface area (Å²) in [5.41, 5.74) is -0.00539. The number of carbonyl (C=O) groups is 2. The third-order valence-corrected chi connectivity index (χ3v) is 7.63. The topological polar surface area (TPSA) is 65.4 Å². The molecule has 2 aliphatic rings. The van der Waals surface area contributed by atoms with E-state index < -0.39 is 5.60 Å². The van der Waals surface area contributed by atoms with E-state index in [-0.39, 0.29) is 17.7 Å². The molecule has 8 heteroatoms. The average Bonchev–Trinajstić information content (AvgIpc) is 3.37. The first kappa shape index (κ1) is 28.3. The highest BCUT2D eigenvalue weighted by Crippen LogP contribution is 2.26. The van der Waals surface area contributed by atoms with Crippen molar-refractivity contribution in [3.05, 3.63) is 64.7 Å². The highest BCUT2D eigenvalue weighted by atomic mass is 35.5. The predicted octanol–water partition coefficient (Wildman–Crippen LogP) is 4.77. The molecule has 0 saturated carbocycles. The first-order valence-electron chi connectivity index (χ1n) is 13.4. The Bertz CT molecular complexity index is 1170. The lowest BCUT2D eigenvalue weighted by molar-refractivity contribution is -0.141. The van der Waals surface area contributed by atoms with Crippen molar-refractivity contribution in [1.29, 1.82) is 0 Å². The minimum atomic E-state index is -1.11. The van der Waals surface area contributed by atoms with E-state index in [1.165, 1.54) is 0 Å². The first-order valence-corrected chi connectivity index (χ1v) is 13.8. The molecule has 1 amide bonds. The van der Waals surface area contributed by atoms with Crippen LogP contribution in [0.4, 0.5) is 0 Å². The van der Waals surface area contributed by atoms with E-state index in [1.807, 2.05) is 4.90 Å². The standard InChI is InChI=1S/C30H39ClN4O3/c1-20(2)33-17-18-34(21(3)4)26(19-33)28-32-15-16-35(28)29(37)30(5,6)38-25-13-9-23(10-14-25)27(36)22-7-11-24(31)12-8-22/h7-14,20-21,26H,15-19H2,1-6H3. The number of aliphatic imine (C=N–C) groups is 1. The van der Waals surface area contributed by atoms with Crippen LogP contribution in [-0.4, -0.2) is 88.7 Å². The van der Waals surface area contributed by atoms with E-state index in [1.54, 1.807) is 62.4 Å². The van der Waals surface area contributed by atoms with E-state index in [0.717, 1.165) is 25.5 Å². The summed E-state index contributed by atoms with van der Waals surface area (Å²) < 4.78 is 6.20. The third-order valence-electron chi connectivity index (χ3n) is 7.37. The highest BCUT2D eigenvalue weighted by Gasteiger charge is 2.43. The molecule has 2 aromatic rings. The lowest BCUT2D eigenvalue weighted by Gasteiger charge is -2.46. The maximum absolute atomic E-state index is 13.8. The van der Waals surface area contributed by atoms with Gasteiger partial charge in [-0.25, -0.2) is 0 Å². The van der Waals surface area contributed by atoms with Gasteiger partial charge >= 0.3 is 0 Å². The van der Waals surface area contributed by atoms with Crippen molar-refractivity contribution in [3.8, 4) is 5.75 Å². The Kier molecular flexibility index (Phi) is 8.60. The van der Waals surface area contributed by atoms with Crippen LogP contribution in [0.1, 0.15) is 57.5 Å². The van der Waals surface area contributed by atoms with Crippen LogP contribution in [0.3, 0.4) is 0 Å². The number of amidine groups is 1. The van der Waals surface area contributed by atoms with Crippen LogP contribution in [0.2, 0.25) is 5.02 Å². The lowest BCUT2D eigenvalue weighted by atomic mass is 10.0. The van der Waals surface area contributed by atoms with Gasteiger partial charge in [0, 0.05) is 54.4 Å². The van der Waals surface area contributed by atoms with Gasteiger partial charge in [-0.1, -0.05) is 11.6 Å². The number of ether oxygens (including phenoxy) is 1. The molecule has 0 bridgehead atoms. The predicted molar refractivity (Wildman–Crippen MR) is 152 cm³/mol. The summed E-state index contributed by atoms with van der Waals surface area (Å²) in [4.78, 5) is 38.2. The Morgan fingerprint density at radius 2 is 1.53 bits per heavy atom. The van der Waals surface area contributed by atoms with Gasteiger partial charge in [0.1, 0.15) is 11.6 Å². The van der Waals surface area contributed by atoms with Gasteiger partial charge in [-0.2, -0.15) is 0 Å². The molecule has 0 aliphatic carbocycles. The maximum atomic E-state index is 13.8. The van der Waals surface area contributed by atoms with Crippen LogP contribution in [0.15, 0.2) is 53.5 Å². The Hall–Kier alpha value is -2.74. The second-order valence-corrected chi connectivity index (χ2v) is 11.5. The van der Waals surface area contributed by atoms with Crippen LogP contribution >= 0.6 is 11.6 Å². The summed E-state index contributed by atoms with van der Waals surface area (Å²) >= 11 is 5.94. The summed E-state index contributed by atoms with van der Waals surface area (Å²) in [6, 6.07) is 14.6. The molecule has 2 heterocycles. The van der Waals surface area contributed by atoms with Crippen LogP contribution in [0.5, 0.6) is 5.75 Å². The molecule has 4 rings (SSSR count). The van der Waals surface area contributed by atoms with Crippen LogP contribution in [0.25, 0.3) is 0 Å². The summed E-state index contributed by atoms with van der Waals surface area (Å²) in [7, 11) is 0. The molecular formula is C30H39ClN4O3. The van der Waals surface area contributed by atoms with Crippen LogP contribution in [-0.2, 0) is 4.79 Å². The lowest BCUT2D eigenvalue weighted by Crippen LogP contribution is -2.63. The Morgan fingerprint density at radius 1 is 0.921 bits per heavy atom. The molecule has 7 nitrogen and oxygen atoms in total. The summed E-state index contributed by atoms with van der Waals surface area (Å²) in [5.74, 6) is 1.16. The largest absolute Gasteiger partial charge is 0.478 e. The number of piperazine rings is 1. The molecule has 1 atom stereocenters. The van der Waals surface area contributed by atoms with Crippen LogP contribution < -0.4 is 4.74 Å². The molecular weight excluding hydrogens is 500 g/mol. The quantitative estimate of drug-likeness (QED) is 0.453. The fourth-order valence-electron chi connectivity index (χ4n) is 5.20. The zero-order valence-corrected chi connectivity index (χ0v) is 24.0. The second kappa shape index (κ2) is 11.6. The van der Waals surface area contributed by atoms with Gasteiger partial charge in [-0.3, -0.25) is 29.3 Å². The molecule has 2 aromatic carbocycles. The number of carbonyl (C=O) groups excluding carboxylic acids is 2. The number of amides is 1. The molecule has 1 fully saturated rings. The smallest absolute Gasteiger partial charge is 0.271 e. The maximum Gasteiger partial charge on any atom is 0.271 e. The summed E-state index contributed by atoms with van der Waals surface area (Å²) in [6.07, 6.45) is 0. The fraction of sp³-hybridized carbons (Fsp3) is 0.500. The van der Waals surface area contributed by atoms with E-state index in [4.69, 9.17) is 21.3 Å². The van der Waals surface area contributed by atoms with Crippen molar-refractivity contribution in [1.82, 2.24) is 14.7 Å². The molecule has 2 aliphatic heterocycles. The monoisotopic (exact) mass is 538 g/mol. The highest BCUT2D eigenvalue weighted by molar-refractivity contribution is 6.30. The van der Waals surface area contributed by atoms with E-state index >= 15 is 0 Å². The van der Waals surface area contributed by atoms with Crippen LogP contribution in [0, 0.1) is 0 Å². The van der Waals surface area contributed by atoms with Gasteiger partial charge in [-0.15, -0.1) is 0 Å². The number of benzene rings is 2. The second-order valence-electron chi connectivity index (χ2n) is 11.1. The molecule has 0 spiro atoms. The summed E-state index contributed by atoms with van der Waals surface area (Å²) in [5, 5.41) is 0.584. The number of halogens is 1. The number of hydrogen-bond donors (Lipinski definition) is 0. The van der Waals surface area contributed by atoms with Gasteiger partial charge in [0.25, 0.3) is 5.91 Å². The number of ketones is 1. The normalized spacial score (nSPS) is 19.2. The average molecular weight is 539 g/mol. The van der Waals surface area contributed by atoms with E-state index in [0.29, 0.717) is 47.1 Å². The number of hydrogen-bond acceptors (Lipinski definition) is 6. The first-order chi connectivity index (χ1) is 18.0. The van der Waals surface area contributed by atoms with E-state index in [9.17, 15) is 9.59 Å². The molecule has 1 saturated heterocycles. The molecule has 0 radical (unpaired) electrons. The van der Waals surface area contributed by atoms with Gasteiger partial charge in [0.05, 0.1) is 12.6 Å². The Labute approximate surface area is 231 Å². The zero-order valence-electron chi connectivity index (χ0n) is 23.3. The summed E-state index contributed by atoms with van der Waals surface area (Å²) in [6.45, 7) is 16.4. The molecule has 0 N–H and O–H groups in total. The van der Waals surface area contributed by atoms with Crippen molar-refractivity contribution < 1.29 is 14.3 Å². The van der Waals surface area contributed by atoms with Crippen molar-refractivity contribution in [2.45, 2.75) is 65.3 Å². The fourth-order valence-corrected chi connectivity index (χ4v) is 5.32. The number of rotatable bonds is 8. The van der Waals surface area contributed by atoms with Gasteiger partial charge < -0.3 is 4.74 Å². The van der Waals surface area contributed by atoms with Gasteiger partial charge in [-0.05, 0) is 90.1 Å². The minimum absolute atomic E-state index is 0.0616.